The van der Waals surface area contributed by atoms with Crippen LogP contribution in [0, 0.1) is 17.7 Å². The first-order valence-electron chi connectivity index (χ1n) is 5.20. The first-order chi connectivity index (χ1) is 7.84. The van der Waals surface area contributed by atoms with E-state index in [-0.39, 0.29) is 5.92 Å². The van der Waals surface area contributed by atoms with Crippen LogP contribution >= 0.6 is 15.9 Å². The number of aliphatic hydroxyl groups excluding tert-OH is 1. The van der Waals surface area contributed by atoms with Gasteiger partial charge < -0.3 is 10.2 Å². The standard InChI is InChI=1S/C12H14BrFO3/c1-6(2)10(12(16)17)11(15)8-4-3-7(14)5-9(8)13/h3-6,10-11,15H,1-2H3,(H,16,17). The Labute approximate surface area is 107 Å². The lowest BCUT2D eigenvalue weighted by Gasteiger charge is -2.23. The number of halogens is 2. The van der Waals surface area contributed by atoms with Crippen LogP contribution in [0.1, 0.15) is 25.5 Å². The number of benzene rings is 1. The fourth-order valence-corrected chi connectivity index (χ4v) is 2.31. The van der Waals surface area contributed by atoms with E-state index in [1.807, 2.05) is 0 Å². The molecule has 2 atom stereocenters. The van der Waals surface area contributed by atoms with Crippen molar-refractivity contribution in [3.8, 4) is 0 Å². The van der Waals surface area contributed by atoms with Gasteiger partial charge in [-0.1, -0.05) is 35.8 Å². The smallest absolute Gasteiger partial charge is 0.309 e. The van der Waals surface area contributed by atoms with Crippen molar-refractivity contribution in [3.63, 3.8) is 0 Å². The minimum Gasteiger partial charge on any atom is -0.481 e. The first-order valence-corrected chi connectivity index (χ1v) is 5.99. The highest BCUT2D eigenvalue weighted by atomic mass is 79.9. The number of hydrogen-bond donors (Lipinski definition) is 2. The molecule has 1 rings (SSSR count). The Morgan fingerprint density at radius 1 is 1.41 bits per heavy atom. The molecule has 0 aliphatic heterocycles. The van der Waals surface area contributed by atoms with Gasteiger partial charge in [-0.15, -0.1) is 0 Å². The number of rotatable bonds is 4. The van der Waals surface area contributed by atoms with Gasteiger partial charge in [0.1, 0.15) is 5.82 Å². The molecule has 0 aliphatic carbocycles. The van der Waals surface area contributed by atoms with E-state index < -0.39 is 23.8 Å². The summed E-state index contributed by atoms with van der Waals surface area (Å²) in [5, 5.41) is 19.1. The number of carbonyl (C=O) groups is 1. The molecule has 2 unspecified atom stereocenters. The highest BCUT2D eigenvalue weighted by Crippen LogP contribution is 2.33. The zero-order valence-corrected chi connectivity index (χ0v) is 11.1. The molecule has 5 heteroatoms. The summed E-state index contributed by atoms with van der Waals surface area (Å²) in [6.07, 6.45) is -1.16. The minimum absolute atomic E-state index is 0.223. The summed E-state index contributed by atoms with van der Waals surface area (Å²) >= 11 is 3.12. The van der Waals surface area contributed by atoms with Crippen LogP contribution in [0.5, 0.6) is 0 Å². The van der Waals surface area contributed by atoms with E-state index in [4.69, 9.17) is 5.11 Å². The van der Waals surface area contributed by atoms with Crippen molar-refractivity contribution in [2.75, 3.05) is 0 Å². The average molecular weight is 305 g/mol. The van der Waals surface area contributed by atoms with E-state index in [1.54, 1.807) is 13.8 Å². The third kappa shape index (κ3) is 3.26. The Balaban J connectivity index is 3.09. The molecular weight excluding hydrogens is 291 g/mol. The monoisotopic (exact) mass is 304 g/mol. The topological polar surface area (TPSA) is 57.5 Å². The first kappa shape index (κ1) is 14.1. The van der Waals surface area contributed by atoms with Crippen LogP contribution in [0.4, 0.5) is 4.39 Å². The summed E-state index contributed by atoms with van der Waals surface area (Å²) in [6.45, 7) is 3.44. The molecule has 0 saturated carbocycles. The van der Waals surface area contributed by atoms with Gasteiger partial charge in [0.25, 0.3) is 0 Å². The third-order valence-corrected chi connectivity index (χ3v) is 3.31. The number of carboxylic acids is 1. The summed E-state index contributed by atoms with van der Waals surface area (Å²) < 4.78 is 13.3. The van der Waals surface area contributed by atoms with E-state index in [2.05, 4.69) is 15.9 Å². The maximum Gasteiger partial charge on any atom is 0.309 e. The lowest BCUT2D eigenvalue weighted by Crippen LogP contribution is -2.27. The molecule has 94 valence electrons. The lowest BCUT2D eigenvalue weighted by molar-refractivity contribution is -0.148. The second-order valence-corrected chi connectivity index (χ2v) is 5.07. The molecule has 2 N–H and O–H groups in total. The van der Waals surface area contributed by atoms with E-state index in [0.29, 0.717) is 10.0 Å². The highest BCUT2D eigenvalue weighted by molar-refractivity contribution is 9.10. The summed E-state index contributed by atoms with van der Waals surface area (Å²) in [6, 6.07) is 3.79. The predicted molar refractivity (Wildman–Crippen MR) is 65.0 cm³/mol. The Bertz CT molecular complexity index is 420. The van der Waals surface area contributed by atoms with Gasteiger partial charge in [0.15, 0.2) is 0 Å². The van der Waals surface area contributed by atoms with Crippen LogP contribution in [-0.4, -0.2) is 16.2 Å². The fraction of sp³-hybridized carbons (Fsp3) is 0.417. The number of hydrogen-bond acceptors (Lipinski definition) is 2. The van der Waals surface area contributed by atoms with Crippen molar-refractivity contribution >= 4 is 21.9 Å². The second-order valence-electron chi connectivity index (χ2n) is 4.22. The van der Waals surface area contributed by atoms with Gasteiger partial charge in [0.2, 0.25) is 0 Å². The Hall–Kier alpha value is -0.940. The molecular formula is C12H14BrFO3. The van der Waals surface area contributed by atoms with Crippen molar-refractivity contribution in [1.82, 2.24) is 0 Å². The van der Waals surface area contributed by atoms with Gasteiger partial charge in [0.05, 0.1) is 12.0 Å². The molecule has 3 nitrogen and oxygen atoms in total. The lowest BCUT2D eigenvalue weighted by atomic mass is 9.86. The third-order valence-electron chi connectivity index (χ3n) is 2.62. The summed E-state index contributed by atoms with van der Waals surface area (Å²) in [7, 11) is 0. The van der Waals surface area contributed by atoms with Crippen molar-refractivity contribution < 1.29 is 19.4 Å². The summed E-state index contributed by atoms with van der Waals surface area (Å²) in [5.41, 5.74) is 0.382. The van der Waals surface area contributed by atoms with Gasteiger partial charge in [0, 0.05) is 4.47 Å². The Morgan fingerprint density at radius 2 is 2.00 bits per heavy atom. The molecule has 0 aliphatic rings. The van der Waals surface area contributed by atoms with Crippen molar-refractivity contribution in [2.45, 2.75) is 20.0 Å². The van der Waals surface area contributed by atoms with Gasteiger partial charge in [-0.2, -0.15) is 0 Å². The van der Waals surface area contributed by atoms with Crippen LogP contribution in [-0.2, 0) is 4.79 Å². The largest absolute Gasteiger partial charge is 0.481 e. The second kappa shape index (κ2) is 5.60. The van der Waals surface area contributed by atoms with E-state index in [9.17, 15) is 14.3 Å². The van der Waals surface area contributed by atoms with E-state index >= 15 is 0 Å². The molecule has 0 saturated heterocycles. The van der Waals surface area contributed by atoms with Crippen LogP contribution in [0.15, 0.2) is 22.7 Å². The Morgan fingerprint density at radius 3 is 2.41 bits per heavy atom. The highest BCUT2D eigenvalue weighted by Gasteiger charge is 2.31. The van der Waals surface area contributed by atoms with E-state index in [0.717, 1.165) is 0 Å². The molecule has 0 radical (unpaired) electrons. The normalized spacial score (nSPS) is 14.7. The van der Waals surface area contributed by atoms with Crippen molar-refractivity contribution in [3.05, 3.63) is 34.1 Å². The number of aliphatic hydroxyl groups is 1. The van der Waals surface area contributed by atoms with Crippen LogP contribution in [0.2, 0.25) is 0 Å². The van der Waals surface area contributed by atoms with E-state index in [1.165, 1.54) is 18.2 Å². The predicted octanol–water partition coefficient (Wildman–Crippen LogP) is 2.98. The van der Waals surface area contributed by atoms with Gasteiger partial charge >= 0.3 is 5.97 Å². The molecule has 0 bridgehead atoms. The molecule has 0 heterocycles. The van der Waals surface area contributed by atoms with Crippen molar-refractivity contribution in [2.24, 2.45) is 11.8 Å². The van der Waals surface area contributed by atoms with Gasteiger partial charge in [-0.05, 0) is 23.6 Å². The zero-order valence-electron chi connectivity index (χ0n) is 9.52. The number of carboxylic acid groups (broad SMARTS) is 1. The molecule has 0 fully saturated rings. The van der Waals surface area contributed by atoms with Crippen LogP contribution in [0.3, 0.4) is 0 Å². The van der Waals surface area contributed by atoms with Crippen molar-refractivity contribution in [1.29, 1.82) is 0 Å². The van der Waals surface area contributed by atoms with Crippen LogP contribution in [0.25, 0.3) is 0 Å². The maximum atomic E-state index is 12.9. The number of aliphatic carboxylic acids is 1. The Kier molecular flexibility index (Phi) is 4.65. The quantitative estimate of drug-likeness (QED) is 0.899. The van der Waals surface area contributed by atoms with Gasteiger partial charge in [-0.3, -0.25) is 4.79 Å². The summed E-state index contributed by atoms with van der Waals surface area (Å²) in [4.78, 5) is 11.1. The molecule has 1 aromatic carbocycles. The molecule has 0 spiro atoms. The molecule has 17 heavy (non-hydrogen) atoms. The summed E-state index contributed by atoms with van der Waals surface area (Å²) in [5.74, 6) is -2.65. The zero-order chi connectivity index (χ0) is 13.2. The molecule has 0 amide bonds. The SMILES string of the molecule is CC(C)C(C(=O)O)C(O)c1ccc(F)cc1Br. The van der Waals surface area contributed by atoms with Crippen LogP contribution < -0.4 is 0 Å². The fourth-order valence-electron chi connectivity index (χ4n) is 1.72. The average Bonchev–Trinajstić information content (AvgIpc) is 2.15. The molecule has 0 aromatic heterocycles. The maximum absolute atomic E-state index is 12.9. The molecule has 1 aromatic rings. The minimum atomic E-state index is -1.16. The van der Waals surface area contributed by atoms with Gasteiger partial charge in [-0.25, -0.2) is 4.39 Å².